The Bertz CT molecular complexity index is 363. The number of hydrogen-bond donors (Lipinski definition) is 2. The average Bonchev–Trinajstić information content (AvgIpc) is 2.40. The van der Waals surface area contributed by atoms with Gasteiger partial charge in [0.2, 0.25) is 0 Å². The van der Waals surface area contributed by atoms with Crippen LogP contribution in [-0.2, 0) is 11.3 Å². The summed E-state index contributed by atoms with van der Waals surface area (Å²) in [6.45, 7) is 5.84. The highest BCUT2D eigenvalue weighted by molar-refractivity contribution is 5.46. The zero-order valence-electron chi connectivity index (χ0n) is 9.16. The standard InChI is InChI=1S/C10H17N3O2/c1-7-9(11)8(2)13(12-7)3-10(4-14)5-15-6-10/h14H,3-6,11H2,1-2H3. The van der Waals surface area contributed by atoms with Gasteiger partial charge in [0, 0.05) is 0 Å². The molecule has 84 valence electrons. The Morgan fingerprint density at radius 1 is 1.53 bits per heavy atom. The van der Waals surface area contributed by atoms with Crippen molar-refractivity contribution in [3.63, 3.8) is 0 Å². The summed E-state index contributed by atoms with van der Waals surface area (Å²) in [5.41, 5.74) is 8.24. The molecule has 0 amide bonds. The van der Waals surface area contributed by atoms with E-state index in [1.807, 2.05) is 18.5 Å². The smallest absolute Gasteiger partial charge is 0.0825 e. The van der Waals surface area contributed by atoms with Gasteiger partial charge in [-0.1, -0.05) is 0 Å². The predicted molar refractivity (Wildman–Crippen MR) is 56.5 cm³/mol. The molecule has 2 rings (SSSR count). The predicted octanol–water partition coefficient (Wildman–Crippen LogP) is 0.0910. The number of aryl methyl sites for hydroxylation is 1. The van der Waals surface area contributed by atoms with Crippen molar-refractivity contribution in [1.82, 2.24) is 9.78 Å². The quantitative estimate of drug-likeness (QED) is 0.743. The number of ether oxygens (including phenoxy) is 1. The van der Waals surface area contributed by atoms with Crippen LogP contribution in [-0.4, -0.2) is 34.7 Å². The Kier molecular flexibility index (Phi) is 2.44. The van der Waals surface area contributed by atoms with E-state index in [2.05, 4.69) is 5.10 Å². The molecule has 3 N–H and O–H groups in total. The van der Waals surface area contributed by atoms with Crippen molar-refractivity contribution in [3.8, 4) is 0 Å². The molecule has 1 saturated heterocycles. The zero-order valence-corrected chi connectivity index (χ0v) is 9.16. The average molecular weight is 211 g/mol. The molecule has 0 aromatic carbocycles. The number of nitrogens with two attached hydrogens (primary N) is 1. The molecule has 1 aliphatic heterocycles. The Labute approximate surface area is 88.8 Å². The summed E-state index contributed by atoms with van der Waals surface area (Å²) in [4.78, 5) is 0. The van der Waals surface area contributed by atoms with E-state index >= 15 is 0 Å². The number of aliphatic hydroxyl groups excluding tert-OH is 1. The first-order chi connectivity index (χ1) is 7.08. The second-order valence-electron chi connectivity index (χ2n) is 4.39. The van der Waals surface area contributed by atoms with Crippen LogP contribution >= 0.6 is 0 Å². The lowest BCUT2D eigenvalue weighted by molar-refractivity contribution is -0.146. The lowest BCUT2D eigenvalue weighted by Crippen LogP contribution is -2.49. The molecule has 15 heavy (non-hydrogen) atoms. The van der Waals surface area contributed by atoms with Gasteiger partial charge in [0.1, 0.15) is 0 Å². The molecular formula is C10H17N3O2. The first-order valence-corrected chi connectivity index (χ1v) is 5.06. The minimum absolute atomic E-state index is 0.130. The molecule has 0 saturated carbocycles. The highest BCUT2D eigenvalue weighted by Gasteiger charge is 2.39. The van der Waals surface area contributed by atoms with Crippen LogP contribution in [0.2, 0.25) is 0 Å². The molecule has 0 aliphatic carbocycles. The number of nitrogens with zero attached hydrogens (tertiary/aromatic N) is 2. The highest BCUT2D eigenvalue weighted by Crippen LogP contribution is 2.30. The van der Waals surface area contributed by atoms with Crippen molar-refractivity contribution in [2.75, 3.05) is 25.6 Å². The number of rotatable bonds is 3. The first-order valence-electron chi connectivity index (χ1n) is 5.06. The molecule has 0 spiro atoms. The van der Waals surface area contributed by atoms with Crippen LogP contribution in [0.4, 0.5) is 5.69 Å². The maximum Gasteiger partial charge on any atom is 0.0825 e. The topological polar surface area (TPSA) is 73.3 Å². The molecule has 0 unspecified atom stereocenters. The maximum absolute atomic E-state index is 9.31. The SMILES string of the molecule is Cc1nn(CC2(CO)COC2)c(C)c1N. The van der Waals surface area contributed by atoms with Crippen molar-refractivity contribution in [1.29, 1.82) is 0 Å². The molecule has 1 aromatic rings. The number of aliphatic hydroxyl groups is 1. The van der Waals surface area contributed by atoms with Gasteiger partial charge in [0.15, 0.2) is 0 Å². The van der Waals surface area contributed by atoms with Gasteiger partial charge in [-0.3, -0.25) is 4.68 Å². The molecule has 1 aliphatic rings. The number of nitrogen functional groups attached to an aromatic ring is 1. The van der Waals surface area contributed by atoms with E-state index in [1.54, 1.807) is 0 Å². The lowest BCUT2D eigenvalue weighted by Gasteiger charge is -2.39. The molecule has 5 heteroatoms. The fourth-order valence-electron chi connectivity index (χ4n) is 1.81. The third-order valence-electron chi connectivity index (χ3n) is 3.07. The third kappa shape index (κ3) is 1.61. The Hall–Kier alpha value is -1.07. The van der Waals surface area contributed by atoms with Gasteiger partial charge in [-0.25, -0.2) is 0 Å². The summed E-state index contributed by atoms with van der Waals surface area (Å²) >= 11 is 0. The van der Waals surface area contributed by atoms with E-state index < -0.39 is 0 Å². The maximum atomic E-state index is 9.31. The molecule has 1 fully saturated rings. The van der Waals surface area contributed by atoms with Gasteiger partial charge < -0.3 is 15.6 Å². The van der Waals surface area contributed by atoms with Gasteiger partial charge >= 0.3 is 0 Å². The van der Waals surface area contributed by atoms with E-state index in [4.69, 9.17) is 10.5 Å². The molecular weight excluding hydrogens is 194 g/mol. The van der Waals surface area contributed by atoms with Crippen molar-refractivity contribution in [2.45, 2.75) is 20.4 Å². The lowest BCUT2D eigenvalue weighted by atomic mass is 9.87. The monoisotopic (exact) mass is 211 g/mol. The van der Waals surface area contributed by atoms with Crippen LogP contribution in [0.5, 0.6) is 0 Å². The van der Waals surface area contributed by atoms with E-state index in [0.717, 1.165) is 17.1 Å². The summed E-state index contributed by atoms with van der Waals surface area (Å²) in [6, 6.07) is 0. The Morgan fingerprint density at radius 2 is 2.20 bits per heavy atom. The highest BCUT2D eigenvalue weighted by atomic mass is 16.5. The van der Waals surface area contributed by atoms with Gasteiger partial charge in [-0.15, -0.1) is 0 Å². The minimum Gasteiger partial charge on any atom is -0.396 e. The van der Waals surface area contributed by atoms with Crippen LogP contribution in [0.15, 0.2) is 0 Å². The summed E-state index contributed by atoms with van der Waals surface area (Å²) in [5.74, 6) is 0. The van der Waals surface area contributed by atoms with Crippen molar-refractivity contribution in [2.24, 2.45) is 5.41 Å². The molecule has 0 radical (unpaired) electrons. The largest absolute Gasteiger partial charge is 0.396 e. The van der Waals surface area contributed by atoms with E-state index in [1.165, 1.54) is 0 Å². The van der Waals surface area contributed by atoms with Gasteiger partial charge in [-0.2, -0.15) is 5.10 Å². The van der Waals surface area contributed by atoms with Gasteiger partial charge in [-0.05, 0) is 13.8 Å². The fourth-order valence-corrected chi connectivity index (χ4v) is 1.81. The summed E-state index contributed by atoms with van der Waals surface area (Å²) in [7, 11) is 0. The third-order valence-corrected chi connectivity index (χ3v) is 3.07. The van der Waals surface area contributed by atoms with Crippen LogP contribution in [0.1, 0.15) is 11.4 Å². The number of hydrogen-bond acceptors (Lipinski definition) is 4. The Morgan fingerprint density at radius 3 is 2.53 bits per heavy atom. The zero-order chi connectivity index (χ0) is 11.1. The van der Waals surface area contributed by atoms with E-state index in [-0.39, 0.29) is 12.0 Å². The summed E-state index contributed by atoms with van der Waals surface area (Å²) in [6.07, 6.45) is 0. The second-order valence-corrected chi connectivity index (χ2v) is 4.39. The van der Waals surface area contributed by atoms with E-state index in [0.29, 0.717) is 19.8 Å². The molecule has 0 atom stereocenters. The van der Waals surface area contributed by atoms with Crippen LogP contribution in [0.25, 0.3) is 0 Å². The van der Waals surface area contributed by atoms with Gasteiger partial charge in [0.05, 0.1) is 48.9 Å². The molecule has 1 aromatic heterocycles. The normalized spacial score (nSPS) is 18.9. The second kappa shape index (κ2) is 3.50. The fraction of sp³-hybridized carbons (Fsp3) is 0.700. The Balaban J connectivity index is 2.20. The van der Waals surface area contributed by atoms with Crippen LogP contribution in [0, 0.1) is 19.3 Å². The first kappa shape index (κ1) is 10.4. The van der Waals surface area contributed by atoms with Crippen molar-refractivity contribution < 1.29 is 9.84 Å². The number of anilines is 1. The van der Waals surface area contributed by atoms with Crippen LogP contribution < -0.4 is 5.73 Å². The van der Waals surface area contributed by atoms with Crippen molar-refractivity contribution in [3.05, 3.63) is 11.4 Å². The minimum atomic E-state index is -0.157. The van der Waals surface area contributed by atoms with Crippen molar-refractivity contribution >= 4 is 5.69 Å². The molecule has 0 bridgehead atoms. The molecule has 2 heterocycles. The molecule has 5 nitrogen and oxygen atoms in total. The van der Waals surface area contributed by atoms with E-state index in [9.17, 15) is 5.11 Å². The number of aromatic nitrogens is 2. The summed E-state index contributed by atoms with van der Waals surface area (Å²) in [5, 5.41) is 13.7. The summed E-state index contributed by atoms with van der Waals surface area (Å²) < 4.78 is 7.01. The van der Waals surface area contributed by atoms with Gasteiger partial charge in [0.25, 0.3) is 0 Å². The van der Waals surface area contributed by atoms with Crippen LogP contribution in [0.3, 0.4) is 0 Å².